The zero-order valence-corrected chi connectivity index (χ0v) is 13.6. The van der Waals surface area contributed by atoms with E-state index in [-0.39, 0.29) is 24.6 Å². The Morgan fingerprint density at radius 3 is 2.84 bits per heavy atom. The molecule has 9 heteroatoms. The fourth-order valence-corrected chi connectivity index (χ4v) is 2.09. The number of benzene rings is 1. The van der Waals surface area contributed by atoms with Crippen LogP contribution in [0, 0.1) is 5.82 Å². The first kappa shape index (κ1) is 18.8. The van der Waals surface area contributed by atoms with Crippen LogP contribution in [0.15, 0.2) is 35.6 Å². The molecule has 0 spiro atoms. The van der Waals surface area contributed by atoms with Crippen molar-refractivity contribution in [2.45, 2.75) is 32.1 Å². The third kappa shape index (κ3) is 5.49. The standard InChI is InChI=1S/C16H19F3N4O2/c1-2-15(24)23-16(10-20-5-6-21-16)22-8-11-3-4-13(12(17)7-11)25-9-14(18)19/h3-7,10,14,21-22H,2,8-9H2,1H3,(H,23,24). The van der Waals surface area contributed by atoms with Gasteiger partial charge in [0.05, 0.1) is 6.21 Å². The van der Waals surface area contributed by atoms with Gasteiger partial charge in [0.15, 0.2) is 11.6 Å². The van der Waals surface area contributed by atoms with Crippen LogP contribution in [0.3, 0.4) is 0 Å². The molecule has 1 unspecified atom stereocenters. The summed E-state index contributed by atoms with van der Waals surface area (Å²) < 4.78 is 42.8. The molecule has 3 N–H and O–H groups in total. The molecule has 0 aliphatic carbocycles. The molecule has 1 heterocycles. The molecule has 1 atom stereocenters. The van der Waals surface area contributed by atoms with E-state index in [1.54, 1.807) is 19.2 Å². The minimum atomic E-state index is -2.67. The van der Waals surface area contributed by atoms with Gasteiger partial charge in [0, 0.05) is 25.4 Å². The minimum absolute atomic E-state index is 0.183. The number of halogens is 3. The third-order valence-electron chi connectivity index (χ3n) is 3.33. The van der Waals surface area contributed by atoms with Crippen LogP contribution in [-0.2, 0) is 11.3 Å². The van der Waals surface area contributed by atoms with Gasteiger partial charge in [0.25, 0.3) is 6.43 Å². The van der Waals surface area contributed by atoms with Crippen molar-refractivity contribution in [2.75, 3.05) is 6.61 Å². The van der Waals surface area contributed by atoms with Crippen molar-refractivity contribution in [3.05, 3.63) is 42.0 Å². The normalized spacial score (nSPS) is 18.9. The molecule has 1 aliphatic heterocycles. The Bertz CT molecular complexity index is 667. The molecular formula is C16H19F3N4O2. The summed E-state index contributed by atoms with van der Waals surface area (Å²) in [5.41, 5.74) is 0.539. The number of amides is 1. The van der Waals surface area contributed by atoms with E-state index in [9.17, 15) is 18.0 Å². The van der Waals surface area contributed by atoms with Crippen LogP contribution in [0.25, 0.3) is 0 Å². The van der Waals surface area contributed by atoms with Crippen LogP contribution < -0.4 is 20.7 Å². The second-order valence-electron chi connectivity index (χ2n) is 5.27. The largest absolute Gasteiger partial charge is 0.485 e. The van der Waals surface area contributed by atoms with Crippen LogP contribution in [0.1, 0.15) is 18.9 Å². The maximum atomic E-state index is 13.9. The summed E-state index contributed by atoms with van der Waals surface area (Å²) in [6.45, 7) is 1.03. The maximum Gasteiger partial charge on any atom is 0.272 e. The number of aliphatic imine (C=N–C) groups is 1. The van der Waals surface area contributed by atoms with Crippen LogP contribution in [0.5, 0.6) is 5.75 Å². The van der Waals surface area contributed by atoms with Gasteiger partial charge < -0.3 is 15.4 Å². The lowest BCUT2D eigenvalue weighted by molar-refractivity contribution is -0.122. The van der Waals surface area contributed by atoms with Crippen LogP contribution in [-0.4, -0.2) is 30.9 Å². The number of ether oxygens (including phenoxy) is 1. The highest BCUT2D eigenvalue weighted by Crippen LogP contribution is 2.19. The zero-order chi connectivity index (χ0) is 18.3. The molecule has 1 aliphatic rings. The molecule has 1 amide bonds. The first-order chi connectivity index (χ1) is 11.9. The summed E-state index contributed by atoms with van der Waals surface area (Å²) >= 11 is 0. The number of hydrogen-bond donors (Lipinski definition) is 3. The number of hydrogen-bond acceptors (Lipinski definition) is 5. The molecule has 0 saturated carbocycles. The lowest BCUT2D eigenvalue weighted by atomic mass is 10.2. The van der Waals surface area contributed by atoms with Gasteiger partial charge in [-0.15, -0.1) is 0 Å². The maximum absolute atomic E-state index is 13.9. The number of carbonyl (C=O) groups excluding carboxylic acids is 1. The van der Waals surface area contributed by atoms with Crippen molar-refractivity contribution in [3.8, 4) is 5.75 Å². The monoisotopic (exact) mass is 356 g/mol. The van der Waals surface area contributed by atoms with Gasteiger partial charge in [0.1, 0.15) is 6.61 Å². The first-order valence-electron chi connectivity index (χ1n) is 7.66. The SMILES string of the molecule is CCC(=O)NC1(NCc2ccc(OCC(F)F)c(F)c2)C=NC=CN1. The zero-order valence-electron chi connectivity index (χ0n) is 13.6. The van der Waals surface area contributed by atoms with Gasteiger partial charge >= 0.3 is 0 Å². The topological polar surface area (TPSA) is 74.8 Å². The second-order valence-corrected chi connectivity index (χ2v) is 5.27. The highest BCUT2D eigenvalue weighted by atomic mass is 19.3. The van der Waals surface area contributed by atoms with E-state index >= 15 is 0 Å². The van der Waals surface area contributed by atoms with Crippen molar-refractivity contribution in [1.29, 1.82) is 0 Å². The van der Waals surface area contributed by atoms with E-state index in [2.05, 4.69) is 25.7 Å². The average molecular weight is 356 g/mol. The Kier molecular flexibility index (Phi) is 6.40. The van der Waals surface area contributed by atoms with E-state index in [0.29, 0.717) is 5.56 Å². The Hall–Kier alpha value is -2.55. The molecule has 136 valence electrons. The molecule has 0 bridgehead atoms. The summed E-state index contributed by atoms with van der Waals surface area (Å²) in [5.74, 6) is -2.28. The number of nitrogens with zero attached hydrogens (tertiary/aromatic N) is 1. The van der Waals surface area contributed by atoms with Crippen LogP contribution in [0.4, 0.5) is 13.2 Å². The predicted octanol–water partition coefficient (Wildman–Crippen LogP) is 1.88. The van der Waals surface area contributed by atoms with Gasteiger partial charge in [-0.2, -0.15) is 0 Å². The Morgan fingerprint density at radius 1 is 1.44 bits per heavy atom. The summed E-state index contributed by atoms with van der Waals surface area (Å²) in [4.78, 5) is 15.7. The van der Waals surface area contributed by atoms with Crippen molar-refractivity contribution in [2.24, 2.45) is 4.99 Å². The predicted molar refractivity (Wildman–Crippen MR) is 86.7 cm³/mol. The molecule has 0 fully saturated rings. The van der Waals surface area contributed by atoms with Crippen molar-refractivity contribution >= 4 is 12.1 Å². The lowest BCUT2D eigenvalue weighted by Crippen LogP contribution is -2.68. The smallest absolute Gasteiger partial charge is 0.272 e. The summed E-state index contributed by atoms with van der Waals surface area (Å²) in [5, 5.41) is 8.74. The van der Waals surface area contributed by atoms with E-state index < -0.39 is 24.6 Å². The fourth-order valence-electron chi connectivity index (χ4n) is 2.09. The van der Waals surface area contributed by atoms with Gasteiger partial charge in [0.2, 0.25) is 11.7 Å². The van der Waals surface area contributed by atoms with E-state index in [1.807, 2.05) is 0 Å². The molecule has 2 rings (SSSR count). The van der Waals surface area contributed by atoms with Gasteiger partial charge in [-0.25, -0.2) is 13.2 Å². The lowest BCUT2D eigenvalue weighted by Gasteiger charge is -2.33. The van der Waals surface area contributed by atoms with Gasteiger partial charge in [-0.05, 0) is 17.7 Å². The van der Waals surface area contributed by atoms with Crippen molar-refractivity contribution in [1.82, 2.24) is 16.0 Å². The van der Waals surface area contributed by atoms with Crippen molar-refractivity contribution in [3.63, 3.8) is 0 Å². The molecule has 0 aromatic heterocycles. The molecule has 0 saturated heterocycles. The van der Waals surface area contributed by atoms with E-state index in [0.717, 1.165) is 0 Å². The van der Waals surface area contributed by atoms with Crippen LogP contribution >= 0.6 is 0 Å². The molecular weight excluding hydrogens is 337 g/mol. The number of carbonyl (C=O) groups is 1. The van der Waals surface area contributed by atoms with Crippen LogP contribution in [0.2, 0.25) is 0 Å². The van der Waals surface area contributed by atoms with Gasteiger partial charge in [-0.3, -0.25) is 15.1 Å². The number of alkyl halides is 2. The highest BCUT2D eigenvalue weighted by Gasteiger charge is 2.29. The van der Waals surface area contributed by atoms with Crippen molar-refractivity contribution < 1.29 is 22.7 Å². The van der Waals surface area contributed by atoms with Gasteiger partial charge in [-0.1, -0.05) is 13.0 Å². The first-order valence-corrected chi connectivity index (χ1v) is 7.66. The molecule has 0 radical (unpaired) electrons. The molecule has 1 aromatic rings. The highest BCUT2D eigenvalue weighted by molar-refractivity contribution is 5.83. The molecule has 6 nitrogen and oxygen atoms in total. The van der Waals surface area contributed by atoms with E-state index in [4.69, 9.17) is 0 Å². The second kappa shape index (κ2) is 8.52. The Labute approximate surface area is 143 Å². The third-order valence-corrected chi connectivity index (χ3v) is 3.33. The number of rotatable bonds is 8. The minimum Gasteiger partial charge on any atom is -0.485 e. The average Bonchev–Trinajstić information content (AvgIpc) is 2.60. The molecule has 1 aromatic carbocycles. The van der Waals surface area contributed by atoms with E-state index in [1.165, 1.54) is 24.5 Å². The fraction of sp³-hybridized carbons (Fsp3) is 0.375. The summed E-state index contributed by atoms with van der Waals surface area (Å²) in [6.07, 6.45) is 2.18. The Morgan fingerprint density at radius 2 is 2.24 bits per heavy atom. The Balaban J connectivity index is 2.02. The number of nitrogens with one attached hydrogen (secondary N) is 3. The molecule has 25 heavy (non-hydrogen) atoms. The summed E-state index contributed by atoms with van der Waals surface area (Å²) in [6, 6.07) is 4.01. The summed E-state index contributed by atoms with van der Waals surface area (Å²) in [7, 11) is 0. The quantitative estimate of drug-likeness (QED) is 0.622.